The lowest BCUT2D eigenvalue weighted by Crippen LogP contribution is -2.64. The molecule has 0 bridgehead atoms. The Morgan fingerprint density at radius 3 is 2.09 bits per heavy atom. The first-order valence-corrected chi connectivity index (χ1v) is 15.5. The molecule has 0 radical (unpaired) electrons. The molecule has 1 saturated heterocycles. The van der Waals surface area contributed by atoms with Crippen molar-refractivity contribution >= 4 is 29.8 Å². The summed E-state index contributed by atoms with van der Waals surface area (Å²) < 4.78 is 39.0. The van der Waals surface area contributed by atoms with Gasteiger partial charge in [-0.3, -0.25) is 19.2 Å². The highest BCUT2D eigenvalue weighted by Crippen LogP contribution is 2.61. The highest BCUT2D eigenvalue weighted by Gasteiger charge is 2.57. The summed E-state index contributed by atoms with van der Waals surface area (Å²) in [5, 5.41) is 0. The number of methoxy groups -OCH3 is 1. The molecular formula is C33H42O12. The number of carbonyl (C=O) groups excluding carboxylic acids is 5. The van der Waals surface area contributed by atoms with E-state index in [0.29, 0.717) is 23.5 Å². The van der Waals surface area contributed by atoms with Gasteiger partial charge in [-0.25, -0.2) is 4.79 Å². The first-order valence-electron chi connectivity index (χ1n) is 15.5. The molecule has 4 aliphatic rings. The van der Waals surface area contributed by atoms with Crippen LogP contribution in [0.2, 0.25) is 0 Å². The van der Waals surface area contributed by atoms with Crippen LogP contribution in [0.15, 0.2) is 18.2 Å². The largest absolute Gasteiger partial charge is 0.467 e. The molecule has 3 aliphatic carbocycles. The second-order valence-corrected chi connectivity index (χ2v) is 12.8. The summed E-state index contributed by atoms with van der Waals surface area (Å²) in [6, 6.07) is 5.79. The van der Waals surface area contributed by atoms with Crippen molar-refractivity contribution in [1.82, 2.24) is 0 Å². The third-order valence-electron chi connectivity index (χ3n) is 10.0. The van der Waals surface area contributed by atoms with E-state index in [1.165, 1.54) is 19.4 Å². The van der Waals surface area contributed by atoms with Crippen molar-refractivity contribution in [3.8, 4) is 5.75 Å². The van der Waals surface area contributed by atoms with Gasteiger partial charge in [-0.1, -0.05) is 13.0 Å². The first-order chi connectivity index (χ1) is 21.3. The zero-order valence-electron chi connectivity index (χ0n) is 26.6. The Hall–Kier alpha value is -3.67. The number of rotatable bonds is 7. The van der Waals surface area contributed by atoms with Gasteiger partial charge in [0.05, 0.1) is 7.11 Å². The summed E-state index contributed by atoms with van der Waals surface area (Å²) in [6.45, 7) is 7.19. The first kappa shape index (κ1) is 32.7. The molecule has 0 aromatic heterocycles. The number of fused-ring (bicyclic) bond motifs is 5. The summed E-state index contributed by atoms with van der Waals surface area (Å²) in [7, 11) is 1.14. The molecule has 12 heteroatoms. The number of carbonyl (C=O) groups is 5. The highest BCUT2D eigenvalue weighted by atomic mass is 16.7. The number of benzene rings is 1. The third kappa shape index (κ3) is 6.52. The minimum Gasteiger partial charge on any atom is -0.467 e. The summed E-state index contributed by atoms with van der Waals surface area (Å²) in [5.74, 6) is -1.63. The van der Waals surface area contributed by atoms with E-state index in [4.69, 9.17) is 33.2 Å². The molecule has 1 aromatic carbocycles. The topological polar surface area (TPSA) is 150 Å². The van der Waals surface area contributed by atoms with Crippen molar-refractivity contribution in [2.45, 2.75) is 116 Å². The van der Waals surface area contributed by atoms with Crippen LogP contribution in [0, 0.1) is 17.3 Å². The lowest BCUT2D eigenvalue weighted by molar-refractivity contribution is -0.282. The fraction of sp³-hybridized carbons (Fsp3) is 0.667. The average Bonchev–Trinajstić information content (AvgIpc) is 3.29. The van der Waals surface area contributed by atoms with Crippen molar-refractivity contribution < 1.29 is 57.1 Å². The van der Waals surface area contributed by atoms with Gasteiger partial charge in [-0.05, 0) is 79.5 Å². The fourth-order valence-corrected chi connectivity index (χ4v) is 8.29. The van der Waals surface area contributed by atoms with Crippen molar-refractivity contribution in [2.75, 3.05) is 7.11 Å². The Bertz CT molecular complexity index is 1340. The Kier molecular flexibility index (Phi) is 9.44. The second-order valence-electron chi connectivity index (χ2n) is 12.8. The molecule has 45 heavy (non-hydrogen) atoms. The van der Waals surface area contributed by atoms with Crippen LogP contribution in [0.25, 0.3) is 0 Å². The minimum atomic E-state index is -1.53. The number of aryl methyl sites for hydroxylation is 1. The van der Waals surface area contributed by atoms with Gasteiger partial charge in [-0.15, -0.1) is 0 Å². The van der Waals surface area contributed by atoms with Crippen LogP contribution in [0.1, 0.15) is 83.8 Å². The fourth-order valence-electron chi connectivity index (χ4n) is 8.29. The molecule has 0 amide bonds. The van der Waals surface area contributed by atoms with E-state index in [-0.39, 0.29) is 17.5 Å². The monoisotopic (exact) mass is 630 g/mol. The van der Waals surface area contributed by atoms with Crippen LogP contribution in [0.3, 0.4) is 0 Å². The number of esters is 5. The SMILES string of the molecule is COC(=O)C1OC(Oc2ccc3c(c2)CCC2C3CCC3(C)C(OC(C)=O)CCC23)C(OC(C)=O)C(OC(C)=O)C1OC(C)=O. The van der Waals surface area contributed by atoms with Gasteiger partial charge in [0.25, 0.3) is 0 Å². The van der Waals surface area contributed by atoms with Gasteiger partial charge in [0.1, 0.15) is 11.9 Å². The van der Waals surface area contributed by atoms with Gasteiger partial charge in [0.2, 0.25) is 12.4 Å². The van der Waals surface area contributed by atoms with Crippen LogP contribution in [0.5, 0.6) is 5.75 Å². The van der Waals surface area contributed by atoms with E-state index < -0.39 is 54.6 Å². The van der Waals surface area contributed by atoms with Gasteiger partial charge >= 0.3 is 29.8 Å². The molecule has 246 valence electrons. The Labute approximate surface area is 262 Å². The zero-order chi connectivity index (χ0) is 32.6. The molecule has 0 spiro atoms. The lowest BCUT2D eigenvalue weighted by atomic mass is 9.55. The Balaban J connectivity index is 1.40. The molecule has 0 N–H and O–H groups in total. The third-order valence-corrected chi connectivity index (χ3v) is 10.0. The summed E-state index contributed by atoms with van der Waals surface area (Å²) in [5.41, 5.74) is 2.37. The van der Waals surface area contributed by atoms with Crippen molar-refractivity contribution in [1.29, 1.82) is 0 Å². The maximum atomic E-state index is 12.7. The predicted octanol–water partition coefficient (Wildman–Crippen LogP) is 3.55. The quantitative estimate of drug-likeness (QED) is 0.320. The van der Waals surface area contributed by atoms with E-state index >= 15 is 0 Å². The van der Waals surface area contributed by atoms with Crippen molar-refractivity contribution in [2.24, 2.45) is 17.3 Å². The standard InChI is InChI=1S/C33H42O12/c1-16(34)40-26-12-11-25-24-9-7-20-15-21(8-10-22(20)23(24)13-14-33(25,26)5)44-32-30(43-19(4)37)28(42-18(3)36)27(41-17(2)35)29(45-32)31(38)39-6/h8,10,15,23-30,32H,7,9,11-14H2,1-6H3. The molecule has 1 aliphatic heterocycles. The molecule has 1 heterocycles. The van der Waals surface area contributed by atoms with Gasteiger partial charge in [0, 0.05) is 33.1 Å². The normalized spacial score (nSPS) is 35.0. The van der Waals surface area contributed by atoms with Crippen LogP contribution in [0.4, 0.5) is 0 Å². The molecule has 1 aromatic rings. The summed E-state index contributed by atoms with van der Waals surface area (Å²) in [6.07, 6.45) is -1.50. The summed E-state index contributed by atoms with van der Waals surface area (Å²) >= 11 is 0. The van der Waals surface area contributed by atoms with E-state index in [0.717, 1.165) is 65.0 Å². The van der Waals surface area contributed by atoms with Crippen LogP contribution in [-0.4, -0.2) is 73.8 Å². The lowest BCUT2D eigenvalue weighted by Gasteiger charge is -2.50. The molecule has 5 rings (SSSR count). The highest BCUT2D eigenvalue weighted by molar-refractivity contribution is 5.77. The Morgan fingerprint density at radius 2 is 1.44 bits per heavy atom. The maximum absolute atomic E-state index is 12.7. The van der Waals surface area contributed by atoms with E-state index in [1.807, 2.05) is 12.1 Å². The minimum absolute atomic E-state index is 0.0178. The predicted molar refractivity (Wildman–Crippen MR) is 155 cm³/mol. The van der Waals surface area contributed by atoms with Crippen LogP contribution in [-0.2, 0) is 58.8 Å². The van der Waals surface area contributed by atoms with Crippen LogP contribution < -0.4 is 4.74 Å². The van der Waals surface area contributed by atoms with E-state index in [9.17, 15) is 24.0 Å². The van der Waals surface area contributed by atoms with Crippen molar-refractivity contribution in [3.63, 3.8) is 0 Å². The smallest absolute Gasteiger partial charge is 0.339 e. The molecule has 10 atom stereocenters. The molecule has 2 saturated carbocycles. The summed E-state index contributed by atoms with van der Waals surface area (Å²) in [4.78, 5) is 60.7. The van der Waals surface area contributed by atoms with E-state index in [2.05, 4.69) is 13.0 Å². The average molecular weight is 631 g/mol. The van der Waals surface area contributed by atoms with Crippen molar-refractivity contribution in [3.05, 3.63) is 29.3 Å². The molecular weight excluding hydrogens is 588 g/mol. The Morgan fingerprint density at radius 1 is 0.800 bits per heavy atom. The molecule has 10 unspecified atom stereocenters. The van der Waals surface area contributed by atoms with Gasteiger partial charge in [-0.2, -0.15) is 0 Å². The molecule has 12 nitrogen and oxygen atoms in total. The van der Waals surface area contributed by atoms with Gasteiger partial charge in [0.15, 0.2) is 18.3 Å². The second kappa shape index (κ2) is 13.0. The van der Waals surface area contributed by atoms with Gasteiger partial charge < -0.3 is 33.2 Å². The zero-order valence-corrected chi connectivity index (χ0v) is 26.6. The van der Waals surface area contributed by atoms with E-state index in [1.54, 1.807) is 0 Å². The van der Waals surface area contributed by atoms with Crippen LogP contribution >= 0.6 is 0 Å². The number of hydrogen-bond acceptors (Lipinski definition) is 12. The molecule has 3 fully saturated rings. The number of hydrogen-bond donors (Lipinski definition) is 0. The number of ether oxygens (including phenoxy) is 7. The maximum Gasteiger partial charge on any atom is 0.339 e.